The van der Waals surface area contributed by atoms with E-state index < -0.39 is 12.1 Å². The van der Waals surface area contributed by atoms with Crippen molar-refractivity contribution >= 4 is 34.9 Å². The Labute approximate surface area is 210 Å². The summed E-state index contributed by atoms with van der Waals surface area (Å²) in [6, 6.07) is 12.7. The maximum atomic E-state index is 12.7. The lowest BCUT2D eigenvalue weighted by Crippen LogP contribution is -2.32. The molecule has 2 aromatic carbocycles. The fourth-order valence-electron chi connectivity index (χ4n) is 3.15. The highest BCUT2D eigenvalue weighted by Crippen LogP contribution is 2.35. The maximum absolute atomic E-state index is 12.7. The molecule has 10 nitrogen and oxygen atoms in total. The van der Waals surface area contributed by atoms with Gasteiger partial charge in [-0.25, -0.2) is 19.7 Å². The van der Waals surface area contributed by atoms with E-state index in [1.165, 1.54) is 23.1 Å². The summed E-state index contributed by atoms with van der Waals surface area (Å²) in [4.78, 5) is 25.2. The van der Waals surface area contributed by atoms with Crippen LogP contribution in [-0.4, -0.2) is 30.8 Å². The van der Waals surface area contributed by atoms with Gasteiger partial charge < -0.3 is 15.4 Å². The van der Waals surface area contributed by atoms with E-state index in [1.54, 1.807) is 43.6 Å². The Bertz CT molecular complexity index is 1390. The van der Waals surface area contributed by atoms with E-state index in [1.807, 2.05) is 6.07 Å². The van der Waals surface area contributed by atoms with Crippen LogP contribution in [0.15, 0.2) is 61.2 Å². The van der Waals surface area contributed by atoms with Crippen molar-refractivity contribution in [2.75, 3.05) is 5.32 Å². The normalized spacial score (nSPS) is 11.4. The minimum Gasteiger partial charge on any atom is -0.487 e. The molecule has 2 amide bonds. The van der Waals surface area contributed by atoms with Gasteiger partial charge in [0.25, 0.3) is 5.95 Å². The monoisotopic (exact) mass is 508 g/mol. The minimum absolute atomic E-state index is 0.177. The average molecular weight is 509 g/mol. The van der Waals surface area contributed by atoms with Crippen LogP contribution in [0.25, 0.3) is 5.95 Å². The largest absolute Gasteiger partial charge is 0.487 e. The molecule has 0 aliphatic carbocycles. The Kier molecular flexibility index (Phi) is 7.40. The summed E-state index contributed by atoms with van der Waals surface area (Å²) in [5, 5.41) is 19.2. The number of nitrogens with zero attached hydrogens (tertiary/aromatic N) is 6. The zero-order valence-electron chi connectivity index (χ0n) is 18.3. The Balaban J connectivity index is 1.44. The van der Waals surface area contributed by atoms with Gasteiger partial charge >= 0.3 is 6.03 Å². The first-order valence-corrected chi connectivity index (χ1v) is 11.1. The molecule has 0 spiro atoms. The highest BCUT2D eigenvalue weighted by Gasteiger charge is 2.19. The number of nitrogens with one attached hydrogen (secondary N) is 2. The molecular weight excluding hydrogens is 491 g/mol. The molecule has 0 saturated heterocycles. The molecule has 4 rings (SSSR count). The Morgan fingerprint density at radius 1 is 1.14 bits per heavy atom. The first-order valence-electron chi connectivity index (χ1n) is 10.3. The highest BCUT2D eigenvalue weighted by atomic mass is 35.5. The van der Waals surface area contributed by atoms with Gasteiger partial charge in [0.05, 0.1) is 33.4 Å². The molecule has 0 radical (unpaired) electrons. The van der Waals surface area contributed by atoms with Gasteiger partial charge in [0.15, 0.2) is 5.82 Å². The highest BCUT2D eigenvalue weighted by molar-refractivity contribution is 6.37. The van der Waals surface area contributed by atoms with E-state index in [4.69, 9.17) is 33.2 Å². The zero-order valence-corrected chi connectivity index (χ0v) is 19.8. The number of carbonyl (C=O) groups is 1. The van der Waals surface area contributed by atoms with Crippen molar-refractivity contribution in [2.45, 2.75) is 19.6 Å². The van der Waals surface area contributed by atoms with Crippen LogP contribution in [0.2, 0.25) is 10.0 Å². The molecule has 0 fully saturated rings. The van der Waals surface area contributed by atoms with Gasteiger partial charge in [0.1, 0.15) is 18.7 Å². The van der Waals surface area contributed by atoms with Crippen LogP contribution in [0.4, 0.5) is 10.5 Å². The Morgan fingerprint density at radius 3 is 2.71 bits per heavy atom. The van der Waals surface area contributed by atoms with Crippen LogP contribution in [0.3, 0.4) is 0 Å². The number of aromatic nitrogens is 5. The van der Waals surface area contributed by atoms with Crippen molar-refractivity contribution in [1.82, 2.24) is 30.0 Å². The third-order valence-electron chi connectivity index (χ3n) is 4.77. The van der Waals surface area contributed by atoms with E-state index in [0.29, 0.717) is 28.8 Å². The molecule has 12 heteroatoms. The number of anilines is 1. The van der Waals surface area contributed by atoms with Crippen LogP contribution in [0.1, 0.15) is 29.9 Å². The lowest BCUT2D eigenvalue weighted by Gasteiger charge is -2.16. The molecule has 4 aromatic rings. The van der Waals surface area contributed by atoms with Crippen LogP contribution in [0, 0.1) is 11.3 Å². The predicted molar refractivity (Wildman–Crippen MR) is 129 cm³/mol. The molecule has 1 atom stereocenters. The van der Waals surface area contributed by atoms with Crippen LogP contribution >= 0.6 is 23.2 Å². The molecule has 2 N–H and O–H groups in total. The Hall–Kier alpha value is -4.20. The number of carbonyl (C=O) groups excluding carboxylic acids is 1. The molecule has 2 aromatic heterocycles. The second-order valence-electron chi connectivity index (χ2n) is 7.26. The molecule has 0 bridgehead atoms. The number of amides is 2. The van der Waals surface area contributed by atoms with Crippen molar-refractivity contribution in [3.05, 3.63) is 88.2 Å². The summed E-state index contributed by atoms with van der Waals surface area (Å²) < 4.78 is 7.24. The van der Waals surface area contributed by atoms with Gasteiger partial charge in [-0.3, -0.25) is 0 Å². The van der Waals surface area contributed by atoms with E-state index in [0.717, 1.165) is 5.56 Å². The van der Waals surface area contributed by atoms with E-state index in [2.05, 4.69) is 36.8 Å². The van der Waals surface area contributed by atoms with E-state index in [9.17, 15) is 4.79 Å². The fraction of sp³-hybridized carbons (Fsp3) is 0.130. The molecule has 176 valence electrons. The third kappa shape index (κ3) is 5.84. The van der Waals surface area contributed by atoms with Crippen molar-refractivity contribution in [2.24, 2.45) is 0 Å². The van der Waals surface area contributed by atoms with Crippen molar-refractivity contribution in [3.63, 3.8) is 0 Å². The number of hydrogen-bond donors (Lipinski definition) is 2. The topological polar surface area (TPSA) is 131 Å². The van der Waals surface area contributed by atoms with E-state index >= 15 is 0 Å². The quantitative estimate of drug-likeness (QED) is 0.369. The molecule has 2 heterocycles. The lowest BCUT2D eigenvalue weighted by atomic mass is 10.1. The summed E-state index contributed by atoms with van der Waals surface area (Å²) in [5.74, 6) is 1.09. The fourth-order valence-corrected chi connectivity index (χ4v) is 3.63. The first kappa shape index (κ1) is 23.9. The first-order chi connectivity index (χ1) is 16.9. The van der Waals surface area contributed by atoms with Gasteiger partial charge in [0, 0.05) is 18.5 Å². The van der Waals surface area contributed by atoms with Crippen LogP contribution in [-0.2, 0) is 6.61 Å². The third-order valence-corrected chi connectivity index (χ3v) is 5.38. The second-order valence-corrected chi connectivity index (χ2v) is 8.08. The second kappa shape index (κ2) is 10.8. The molecule has 0 unspecified atom stereocenters. The minimum atomic E-state index is -0.532. The van der Waals surface area contributed by atoms with E-state index in [-0.39, 0.29) is 16.7 Å². The van der Waals surface area contributed by atoms with Gasteiger partial charge in [-0.05, 0) is 36.8 Å². The van der Waals surface area contributed by atoms with Crippen molar-refractivity contribution < 1.29 is 9.53 Å². The van der Waals surface area contributed by atoms with Crippen LogP contribution in [0.5, 0.6) is 5.75 Å². The van der Waals surface area contributed by atoms with Crippen molar-refractivity contribution in [1.29, 1.82) is 5.26 Å². The number of benzene rings is 2. The number of urea groups is 1. The van der Waals surface area contributed by atoms with Crippen molar-refractivity contribution in [3.8, 4) is 17.8 Å². The molecule has 0 aliphatic heterocycles. The summed E-state index contributed by atoms with van der Waals surface area (Å²) in [6.07, 6.45) is 4.52. The van der Waals surface area contributed by atoms with Gasteiger partial charge in [-0.15, -0.1) is 0 Å². The standard InChI is InChI=1S/C23H18Cl2N8O2/c1-14(21-29-13-30-33(21)22-27-6-3-7-28-22)31-23(34)32-19-10-20(18(25)9-17(19)24)35-12-16-5-2-4-15(8-16)11-26/h2-10,13-14H,12H2,1H3,(H2,31,32,34)/t14-/m0/s1. The van der Waals surface area contributed by atoms with Crippen LogP contribution < -0.4 is 15.4 Å². The summed E-state index contributed by atoms with van der Waals surface area (Å²) in [5.41, 5.74) is 1.62. The zero-order chi connectivity index (χ0) is 24.8. The molecular formula is C23H18Cl2N8O2. The summed E-state index contributed by atoms with van der Waals surface area (Å²) in [6.45, 7) is 1.92. The Morgan fingerprint density at radius 2 is 1.94 bits per heavy atom. The molecule has 0 aliphatic rings. The predicted octanol–water partition coefficient (Wildman–Crippen LogP) is 4.70. The number of halogens is 2. The SMILES string of the molecule is C[C@H](NC(=O)Nc1cc(OCc2cccc(C#N)c2)c(Cl)cc1Cl)c1ncnn1-c1ncccn1. The number of nitriles is 1. The average Bonchev–Trinajstić information content (AvgIpc) is 3.36. The number of ether oxygens (including phenoxy) is 1. The summed E-state index contributed by atoms with van der Waals surface area (Å²) >= 11 is 12.6. The smallest absolute Gasteiger partial charge is 0.319 e. The van der Waals surface area contributed by atoms with Gasteiger partial charge in [0.2, 0.25) is 0 Å². The lowest BCUT2D eigenvalue weighted by molar-refractivity contribution is 0.248. The number of hydrogen-bond acceptors (Lipinski definition) is 7. The molecule has 35 heavy (non-hydrogen) atoms. The van der Waals surface area contributed by atoms with Gasteiger partial charge in [-0.2, -0.15) is 15.0 Å². The maximum Gasteiger partial charge on any atom is 0.319 e. The summed E-state index contributed by atoms with van der Waals surface area (Å²) in [7, 11) is 0. The number of rotatable bonds is 7. The van der Waals surface area contributed by atoms with Gasteiger partial charge in [-0.1, -0.05) is 35.3 Å². The molecule has 0 saturated carbocycles.